The molecule has 3 atom stereocenters. The van der Waals surface area contributed by atoms with Crippen LogP contribution >= 0.6 is 0 Å². The van der Waals surface area contributed by atoms with Gasteiger partial charge in [0.25, 0.3) is 0 Å². The molecule has 184 valence electrons. The van der Waals surface area contributed by atoms with Crippen LogP contribution in [0.4, 0.5) is 10.5 Å². The molecule has 0 spiro atoms. The van der Waals surface area contributed by atoms with Crippen molar-refractivity contribution in [3.63, 3.8) is 0 Å². The van der Waals surface area contributed by atoms with Crippen LogP contribution in [0.2, 0.25) is 0 Å². The Morgan fingerprint density at radius 3 is 2.69 bits per heavy atom. The molecule has 3 heterocycles. The lowest BCUT2D eigenvalue weighted by atomic mass is 9.95. The number of aryl methyl sites for hydroxylation is 1. The maximum Gasteiger partial charge on any atom is 0.414 e. The number of aliphatic carboxylic acids is 1. The third-order valence-corrected chi connectivity index (χ3v) is 7.29. The number of fused-ring (bicyclic) bond motifs is 3. The second kappa shape index (κ2) is 9.70. The fraction of sp³-hybridized carbons (Fsp3) is 0.444. The van der Waals surface area contributed by atoms with Crippen LogP contribution in [0.5, 0.6) is 0 Å². The maximum atomic E-state index is 12.6. The quantitative estimate of drug-likeness (QED) is 0.572. The number of hydrogen-bond acceptors (Lipinski definition) is 5. The van der Waals surface area contributed by atoms with Crippen LogP contribution in [-0.2, 0) is 27.1 Å². The van der Waals surface area contributed by atoms with Gasteiger partial charge in [0.1, 0.15) is 5.82 Å². The van der Waals surface area contributed by atoms with Crippen LogP contribution in [0.1, 0.15) is 55.1 Å². The molecule has 0 radical (unpaired) electrons. The molecule has 1 fully saturated rings. The SMILES string of the molecule is COC(=O)N1c2ccc3c(nc(CC(C(=O)O)c4ccccc4)n3[C@H]3CCCOC3)c2CC[C@@H]1C. The number of nitrogens with zero attached hydrogens (tertiary/aromatic N) is 3. The molecular formula is C27H31N3O5. The van der Waals surface area contributed by atoms with E-state index in [-0.39, 0.29) is 24.6 Å². The summed E-state index contributed by atoms with van der Waals surface area (Å²) in [4.78, 5) is 31.6. The molecule has 8 heteroatoms. The van der Waals surface area contributed by atoms with Gasteiger partial charge < -0.3 is 19.1 Å². The number of carboxylic acid groups (broad SMARTS) is 1. The number of aromatic nitrogens is 2. The number of anilines is 1. The number of imidazole rings is 1. The summed E-state index contributed by atoms with van der Waals surface area (Å²) in [5.74, 6) is -0.843. The Morgan fingerprint density at radius 2 is 2.00 bits per heavy atom. The van der Waals surface area contributed by atoms with Crippen LogP contribution in [0.3, 0.4) is 0 Å². The lowest BCUT2D eigenvalue weighted by Gasteiger charge is -2.34. The number of hydrogen-bond donors (Lipinski definition) is 1. The summed E-state index contributed by atoms with van der Waals surface area (Å²) in [6, 6.07) is 13.4. The molecule has 1 saturated heterocycles. The van der Waals surface area contributed by atoms with Gasteiger partial charge in [-0.25, -0.2) is 9.78 Å². The van der Waals surface area contributed by atoms with Gasteiger partial charge in [-0.15, -0.1) is 0 Å². The number of benzene rings is 2. The number of ether oxygens (including phenoxy) is 2. The van der Waals surface area contributed by atoms with Gasteiger partial charge in [-0.1, -0.05) is 30.3 Å². The summed E-state index contributed by atoms with van der Waals surface area (Å²) in [6.45, 7) is 3.33. The molecule has 0 aliphatic carbocycles. The van der Waals surface area contributed by atoms with E-state index in [0.717, 1.165) is 66.0 Å². The number of methoxy groups -OCH3 is 1. The highest BCUT2D eigenvalue weighted by atomic mass is 16.5. The Morgan fingerprint density at radius 1 is 1.20 bits per heavy atom. The predicted molar refractivity (Wildman–Crippen MR) is 132 cm³/mol. The van der Waals surface area contributed by atoms with Gasteiger partial charge in [0.15, 0.2) is 0 Å². The highest BCUT2D eigenvalue weighted by Gasteiger charge is 2.33. The molecule has 1 unspecified atom stereocenters. The smallest absolute Gasteiger partial charge is 0.414 e. The molecule has 2 aromatic carbocycles. The van der Waals surface area contributed by atoms with Crippen molar-refractivity contribution in [3.8, 4) is 0 Å². The van der Waals surface area contributed by atoms with E-state index in [1.54, 1.807) is 4.90 Å². The Hall–Kier alpha value is -3.39. The molecule has 1 N–H and O–H groups in total. The molecule has 8 nitrogen and oxygen atoms in total. The van der Waals surface area contributed by atoms with Crippen LogP contribution in [0.15, 0.2) is 42.5 Å². The molecular weight excluding hydrogens is 446 g/mol. The molecule has 5 rings (SSSR count). The highest BCUT2D eigenvalue weighted by Crippen LogP contribution is 2.39. The second-order valence-corrected chi connectivity index (χ2v) is 9.43. The molecule has 1 amide bonds. The largest absolute Gasteiger partial charge is 0.481 e. The molecule has 35 heavy (non-hydrogen) atoms. The van der Waals surface area contributed by atoms with E-state index in [4.69, 9.17) is 14.5 Å². The number of amides is 1. The minimum Gasteiger partial charge on any atom is -0.481 e. The van der Waals surface area contributed by atoms with E-state index in [9.17, 15) is 14.7 Å². The van der Waals surface area contributed by atoms with Crippen molar-refractivity contribution in [1.82, 2.24) is 9.55 Å². The monoisotopic (exact) mass is 477 g/mol. The van der Waals surface area contributed by atoms with Crippen molar-refractivity contribution in [2.45, 2.75) is 57.0 Å². The van der Waals surface area contributed by atoms with Crippen molar-refractivity contribution in [3.05, 3.63) is 59.4 Å². The Bertz CT molecular complexity index is 1230. The molecule has 3 aromatic rings. The first-order valence-corrected chi connectivity index (χ1v) is 12.2. The lowest BCUT2D eigenvalue weighted by molar-refractivity contribution is -0.138. The number of carboxylic acids is 1. The van der Waals surface area contributed by atoms with Crippen molar-refractivity contribution in [2.75, 3.05) is 25.2 Å². The fourth-order valence-corrected chi connectivity index (χ4v) is 5.52. The molecule has 1 aromatic heterocycles. The van der Waals surface area contributed by atoms with Gasteiger partial charge in [0.05, 0.1) is 42.4 Å². The maximum absolute atomic E-state index is 12.6. The van der Waals surface area contributed by atoms with Crippen molar-refractivity contribution in [2.24, 2.45) is 0 Å². The summed E-state index contributed by atoms with van der Waals surface area (Å²) in [5, 5.41) is 10.1. The number of carbonyl (C=O) groups excluding carboxylic acids is 1. The third-order valence-electron chi connectivity index (χ3n) is 7.29. The number of rotatable bonds is 5. The molecule has 0 saturated carbocycles. The predicted octanol–water partition coefficient (Wildman–Crippen LogP) is 4.71. The average Bonchev–Trinajstić information content (AvgIpc) is 3.26. The van der Waals surface area contributed by atoms with E-state index < -0.39 is 11.9 Å². The van der Waals surface area contributed by atoms with E-state index in [1.165, 1.54) is 7.11 Å². The highest BCUT2D eigenvalue weighted by molar-refractivity contribution is 5.95. The van der Waals surface area contributed by atoms with Gasteiger partial charge in [0, 0.05) is 24.6 Å². The average molecular weight is 478 g/mol. The molecule has 2 aliphatic rings. The van der Waals surface area contributed by atoms with Crippen LogP contribution in [0, 0.1) is 0 Å². The summed E-state index contributed by atoms with van der Waals surface area (Å²) in [5.41, 5.74) is 4.38. The molecule has 0 bridgehead atoms. The van der Waals surface area contributed by atoms with Crippen molar-refractivity contribution < 1.29 is 24.2 Å². The van der Waals surface area contributed by atoms with Gasteiger partial charge in [-0.2, -0.15) is 0 Å². The zero-order chi connectivity index (χ0) is 24.5. The van der Waals surface area contributed by atoms with E-state index in [1.807, 2.05) is 49.4 Å². The first kappa shape index (κ1) is 23.4. The summed E-state index contributed by atoms with van der Waals surface area (Å²) >= 11 is 0. The lowest BCUT2D eigenvalue weighted by Crippen LogP contribution is -2.42. The molecule has 2 aliphatic heterocycles. The van der Waals surface area contributed by atoms with Gasteiger partial charge >= 0.3 is 12.1 Å². The van der Waals surface area contributed by atoms with Gasteiger partial charge in [0.2, 0.25) is 0 Å². The summed E-state index contributed by atoms with van der Waals surface area (Å²) < 4.78 is 13.1. The fourth-order valence-electron chi connectivity index (χ4n) is 5.52. The van der Waals surface area contributed by atoms with E-state index in [0.29, 0.717) is 6.61 Å². The van der Waals surface area contributed by atoms with E-state index in [2.05, 4.69) is 4.57 Å². The zero-order valence-corrected chi connectivity index (χ0v) is 20.1. The summed E-state index contributed by atoms with van der Waals surface area (Å²) in [7, 11) is 1.40. The Balaban J connectivity index is 1.65. The normalized spacial score (nSPS) is 20.9. The Labute approximate surface area is 204 Å². The first-order chi connectivity index (χ1) is 17.0. The standard InChI is InChI=1S/C27H31N3O5/c1-17-10-11-20-22(29(17)27(33)34-2)12-13-23-25(20)28-24(30(23)19-9-6-14-35-16-19)15-21(26(31)32)18-7-4-3-5-8-18/h3-5,7-8,12-13,17,19,21H,6,9-11,14-16H2,1-2H3,(H,31,32)/t17-,19-,21?/m0/s1. The second-order valence-electron chi connectivity index (χ2n) is 9.43. The van der Waals surface area contributed by atoms with Gasteiger partial charge in [-0.3, -0.25) is 9.69 Å². The summed E-state index contributed by atoms with van der Waals surface area (Å²) in [6.07, 6.45) is 3.38. The minimum absolute atomic E-state index is 0.0233. The van der Waals surface area contributed by atoms with Gasteiger partial charge in [-0.05, 0) is 50.3 Å². The van der Waals surface area contributed by atoms with Crippen LogP contribution < -0.4 is 4.90 Å². The zero-order valence-electron chi connectivity index (χ0n) is 20.1. The third kappa shape index (κ3) is 4.27. The Kier molecular flexibility index (Phi) is 6.47. The van der Waals surface area contributed by atoms with Crippen molar-refractivity contribution in [1.29, 1.82) is 0 Å². The topological polar surface area (TPSA) is 93.9 Å². The first-order valence-electron chi connectivity index (χ1n) is 12.2. The van der Waals surface area contributed by atoms with Crippen LogP contribution in [-0.4, -0.2) is 53.1 Å². The number of carbonyl (C=O) groups is 2. The van der Waals surface area contributed by atoms with E-state index >= 15 is 0 Å². The van der Waals surface area contributed by atoms with Crippen LogP contribution in [0.25, 0.3) is 11.0 Å². The minimum atomic E-state index is -0.873. The van der Waals surface area contributed by atoms with Crippen molar-refractivity contribution >= 4 is 28.8 Å².